The standard InChI is InChI=1S/C25H18F3NO4/c1-14-5-7-16(8-6-14)22(31)20-21(15-9-11-19(30)12-10-15)29(24(33)23(20)32)18-4-2-3-17(13-18)25(26,27)28/h2-13,21,30-31H,1H3/b22-20+. The smallest absolute Gasteiger partial charge is 0.416 e. The number of hydrogen-bond acceptors (Lipinski definition) is 4. The number of aliphatic hydroxyl groups excluding tert-OH is 1. The molecule has 1 unspecified atom stereocenters. The second kappa shape index (κ2) is 8.12. The second-order valence-corrected chi connectivity index (χ2v) is 7.67. The topological polar surface area (TPSA) is 77.8 Å². The predicted octanol–water partition coefficient (Wildman–Crippen LogP) is 5.35. The molecule has 1 aliphatic rings. The summed E-state index contributed by atoms with van der Waals surface area (Å²) in [5, 5.41) is 20.6. The molecule has 0 aliphatic carbocycles. The lowest BCUT2D eigenvalue weighted by Gasteiger charge is -2.26. The molecule has 3 aromatic rings. The molecule has 0 saturated carbocycles. The van der Waals surface area contributed by atoms with Crippen molar-refractivity contribution in [3.8, 4) is 5.75 Å². The summed E-state index contributed by atoms with van der Waals surface area (Å²) < 4.78 is 39.9. The lowest BCUT2D eigenvalue weighted by molar-refractivity contribution is -0.137. The Hall–Kier alpha value is -4.07. The number of anilines is 1. The molecule has 8 heteroatoms. The zero-order chi connectivity index (χ0) is 23.9. The molecule has 1 aliphatic heterocycles. The first-order chi connectivity index (χ1) is 15.6. The molecule has 5 nitrogen and oxygen atoms in total. The van der Waals surface area contributed by atoms with Gasteiger partial charge in [0, 0.05) is 11.3 Å². The van der Waals surface area contributed by atoms with Crippen molar-refractivity contribution in [2.45, 2.75) is 19.1 Å². The summed E-state index contributed by atoms with van der Waals surface area (Å²) in [7, 11) is 0. The summed E-state index contributed by atoms with van der Waals surface area (Å²) in [6.07, 6.45) is -4.65. The van der Waals surface area contributed by atoms with Gasteiger partial charge in [0.05, 0.1) is 17.2 Å². The lowest BCUT2D eigenvalue weighted by Crippen LogP contribution is -2.29. The highest BCUT2D eigenvalue weighted by atomic mass is 19.4. The van der Waals surface area contributed by atoms with Gasteiger partial charge in [-0.3, -0.25) is 14.5 Å². The molecular formula is C25H18F3NO4. The quantitative estimate of drug-likeness (QED) is 0.319. The maximum Gasteiger partial charge on any atom is 0.416 e. The summed E-state index contributed by atoms with van der Waals surface area (Å²) in [6.45, 7) is 1.84. The molecule has 1 saturated heterocycles. The van der Waals surface area contributed by atoms with E-state index >= 15 is 0 Å². The van der Waals surface area contributed by atoms with Crippen molar-refractivity contribution in [2.75, 3.05) is 4.90 Å². The number of aliphatic hydroxyl groups is 1. The largest absolute Gasteiger partial charge is 0.508 e. The van der Waals surface area contributed by atoms with Crippen LogP contribution in [0.1, 0.15) is 28.3 Å². The van der Waals surface area contributed by atoms with Crippen LogP contribution in [-0.2, 0) is 15.8 Å². The fourth-order valence-electron chi connectivity index (χ4n) is 3.77. The van der Waals surface area contributed by atoms with Crippen LogP contribution >= 0.6 is 0 Å². The molecule has 2 N–H and O–H groups in total. The predicted molar refractivity (Wildman–Crippen MR) is 116 cm³/mol. The Balaban J connectivity index is 1.94. The summed E-state index contributed by atoms with van der Waals surface area (Å²) in [5.41, 5.74) is 0.139. The summed E-state index contributed by atoms with van der Waals surface area (Å²) >= 11 is 0. The van der Waals surface area contributed by atoms with Crippen LogP contribution < -0.4 is 4.90 Å². The molecule has 1 amide bonds. The number of carbonyl (C=O) groups excluding carboxylic acids is 2. The van der Waals surface area contributed by atoms with Gasteiger partial charge >= 0.3 is 6.18 Å². The normalized spacial score (nSPS) is 18.1. The number of alkyl halides is 3. The maximum absolute atomic E-state index is 13.3. The molecule has 1 heterocycles. The van der Waals surface area contributed by atoms with E-state index in [2.05, 4.69) is 0 Å². The first kappa shape index (κ1) is 22.1. The zero-order valence-corrected chi connectivity index (χ0v) is 17.3. The molecule has 4 rings (SSSR count). The van der Waals surface area contributed by atoms with Crippen molar-refractivity contribution in [3.05, 3.63) is 101 Å². The van der Waals surface area contributed by atoms with E-state index < -0.39 is 35.2 Å². The van der Waals surface area contributed by atoms with Crippen molar-refractivity contribution < 1.29 is 33.0 Å². The lowest BCUT2D eigenvalue weighted by atomic mass is 9.94. The third-order valence-electron chi connectivity index (χ3n) is 5.43. The number of phenolic OH excluding ortho intramolecular Hbond substituents is 1. The molecule has 3 aromatic carbocycles. The highest BCUT2D eigenvalue weighted by molar-refractivity contribution is 6.51. The highest BCUT2D eigenvalue weighted by Crippen LogP contribution is 2.43. The number of carbonyl (C=O) groups is 2. The number of Topliss-reactive ketones (excluding diaryl/α,β-unsaturated/α-hetero) is 1. The molecule has 0 aromatic heterocycles. The van der Waals surface area contributed by atoms with Gasteiger partial charge in [0.25, 0.3) is 11.7 Å². The average Bonchev–Trinajstić information content (AvgIpc) is 3.04. The first-order valence-corrected chi connectivity index (χ1v) is 9.92. The Kier molecular flexibility index (Phi) is 5.45. The third kappa shape index (κ3) is 4.07. The van der Waals surface area contributed by atoms with Crippen LogP contribution in [0.4, 0.5) is 18.9 Å². The minimum Gasteiger partial charge on any atom is -0.508 e. The molecule has 1 fully saturated rings. The molecule has 1 atom stereocenters. The van der Waals surface area contributed by atoms with Gasteiger partial charge in [-0.25, -0.2) is 0 Å². The minimum atomic E-state index is -4.65. The average molecular weight is 453 g/mol. The number of nitrogens with zero attached hydrogens (tertiary/aromatic N) is 1. The number of rotatable bonds is 3. The molecule has 168 valence electrons. The summed E-state index contributed by atoms with van der Waals surface area (Å²) in [4.78, 5) is 27.0. The van der Waals surface area contributed by atoms with Gasteiger partial charge in [-0.2, -0.15) is 13.2 Å². The van der Waals surface area contributed by atoms with Gasteiger partial charge in [-0.1, -0.05) is 48.0 Å². The van der Waals surface area contributed by atoms with Crippen molar-refractivity contribution in [2.24, 2.45) is 0 Å². The van der Waals surface area contributed by atoms with Crippen LogP contribution in [0.3, 0.4) is 0 Å². The van der Waals surface area contributed by atoms with Crippen molar-refractivity contribution in [3.63, 3.8) is 0 Å². The number of phenols is 1. The van der Waals surface area contributed by atoms with Gasteiger partial charge in [0.2, 0.25) is 0 Å². The van der Waals surface area contributed by atoms with Crippen LogP contribution in [0.2, 0.25) is 0 Å². The van der Waals surface area contributed by atoms with Crippen molar-refractivity contribution in [1.82, 2.24) is 0 Å². The van der Waals surface area contributed by atoms with Crippen molar-refractivity contribution in [1.29, 1.82) is 0 Å². The van der Waals surface area contributed by atoms with E-state index in [-0.39, 0.29) is 22.6 Å². The maximum atomic E-state index is 13.3. The highest BCUT2D eigenvalue weighted by Gasteiger charge is 2.47. The van der Waals surface area contributed by atoms with Gasteiger partial charge in [-0.15, -0.1) is 0 Å². The molecule has 0 spiro atoms. The molecular weight excluding hydrogens is 435 g/mol. The van der Waals surface area contributed by atoms with Gasteiger partial charge in [-0.05, 0) is 42.8 Å². The van der Waals surface area contributed by atoms with E-state index in [9.17, 15) is 33.0 Å². The van der Waals surface area contributed by atoms with Crippen LogP contribution in [0.15, 0.2) is 78.4 Å². The van der Waals surface area contributed by atoms with E-state index in [0.29, 0.717) is 5.56 Å². The number of aromatic hydroxyl groups is 1. The Morgan fingerprint density at radius 3 is 2.18 bits per heavy atom. The van der Waals surface area contributed by atoms with E-state index in [1.54, 1.807) is 24.3 Å². The second-order valence-electron chi connectivity index (χ2n) is 7.67. The van der Waals surface area contributed by atoms with Gasteiger partial charge in [0.1, 0.15) is 11.5 Å². The monoisotopic (exact) mass is 453 g/mol. The molecule has 33 heavy (non-hydrogen) atoms. The third-order valence-corrected chi connectivity index (χ3v) is 5.43. The summed E-state index contributed by atoms with van der Waals surface area (Å²) in [6, 6.07) is 15.0. The summed E-state index contributed by atoms with van der Waals surface area (Å²) in [5.74, 6) is -2.61. The van der Waals surface area contributed by atoms with Crippen LogP contribution in [0.5, 0.6) is 5.75 Å². The van der Waals surface area contributed by atoms with Crippen LogP contribution in [0, 0.1) is 6.92 Å². The van der Waals surface area contributed by atoms with E-state index in [1.165, 1.54) is 30.3 Å². The van der Waals surface area contributed by atoms with E-state index in [0.717, 1.165) is 28.7 Å². The Labute approximate surface area is 187 Å². The van der Waals surface area contributed by atoms with Crippen LogP contribution in [0.25, 0.3) is 5.76 Å². The van der Waals surface area contributed by atoms with Crippen LogP contribution in [-0.4, -0.2) is 21.9 Å². The number of hydrogen-bond donors (Lipinski definition) is 2. The zero-order valence-electron chi connectivity index (χ0n) is 17.3. The Morgan fingerprint density at radius 2 is 1.58 bits per heavy atom. The number of amides is 1. The number of aryl methyl sites for hydroxylation is 1. The molecule has 0 radical (unpaired) electrons. The Morgan fingerprint density at radius 1 is 0.939 bits per heavy atom. The number of benzene rings is 3. The minimum absolute atomic E-state index is 0.0756. The number of halogens is 3. The first-order valence-electron chi connectivity index (χ1n) is 9.92. The Bertz CT molecular complexity index is 1260. The number of ketones is 1. The fourth-order valence-corrected chi connectivity index (χ4v) is 3.77. The fraction of sp³-hybridized carbons (Fsp3) is 0.120. The molecule has 0 bridgehead atoms. The van der Waals surface area contributed by atoms with E-state index in [4.69, 9.17) is 0 Å². The van der Waals surface area contributed by atoms with Crippen molar-refractivity contribution >= 4 is 23.1 Å². The van der Waals surface area contributed by atoms with Gasteiger partial charge < -0.3 is 10.2 Å². The van der Waals surface area contributed by atoms with E-state index in [1.807, 2.05) is 6.92 Å². The van der Waals surface area contributed by atoms with Gasteiger partial charge in [0.15, 0.2) is 0 Å². The SMILES string of the molecule is Cc1ccc(/C(O)=C2\C(=O)C(=O)N(c3cccc(C(F)(F)F)c3)C2c2ccc(O)cc2)cc1.